The van der Waals surface area contributed by atoms with Crippen molar-refractivity contribution < 1.29 is 9.18 Å². The van der Waals surface area contributed by atoms with Gasteiger partial charge in [-0.2, -0.15) is 9.49 Å². The lowest BCUT2D eigenvalue weighted by atomic mass is 10.2. The number of hydrogen-bond acceptors (Lipinski definition) is 6. The first-order valence-corrected chi connectivity index (χ1v) is 9.95. The smallest absolute Gasteiger partial charge is 0.273 e. The van der Waals surface area contributed by atoms with Gasteiger partial charge in [-0.05, 0) is 30.2 Å². The number of nitrogens with one attached hydrogen (secondary N) is 2. The predicted molar refractivity (Wildman–Crippen MR) is 110 cm³/mol. The maximum absolute atomic E-state index is 14.4. The maximum atomic E-state index is 14.4. The molecule has 1 amide bonds. The van der Waals surface area contributed by atoms with E-state index in [1.807, 2.05) is 24.1 Å². The van der Waals surface area contributed by atoms with E-state index in [0.717, 1.165) is 25.2 Å². The van der Waals surface area contributed by atoms with Crippen LogP contribution in [0.4, 0.5) is 10.1 Å². The molecule has 0 saturated carbocycles. The third kappa shape index (κ3) is 3.90. The Labute approximate surface area is 172 Å². The molecule has 1 aliphatic rings. The maximum Gasteiger partial charge on any atom is 0.273 e. The number of fused-ring (bicyclic) bond motifs is 1. The van der Waals surface area contributed by atoms with Gasteiger partial charge in [0.1, 0.15) is 17.0 Å². The molecule has 2 N–H and O–H groups in total. The molecule has 1 saturated heterocycles. The van der Waals surface area contributed by atoms with Gasteiger partial charge in [0.15, 0.2) is 0 Å². The lowest BCUT2D eigenvalue weighted by molar-refractivity contribution is 0.0957. The summed E-state index contributed by atoms with van der Waals surface area (Å²) in [6, 6.07) is 5.08. The number of hydrogen-bond donors (Lipinski definition) is 2. The molecular weight excluding hydrogens is 389 g/mol. The minimum absolute atomic E-state index is 0.0658. The highest BCUT2D eigenvalue weighted by atomic mass is 19.1. The number of carbonyl (C=O) groups excluding carboxylic acids is 1. The van der Waals surface area contributed by atoms with Crippen LogP contribution in [-0.4, -0.2) is 63.6 Å². The average Bonchev–Trinajstić information content (AvgIpc) is 3.14. The molecular formula is C20H24FN7O2. The van der Waals surface area contributed by atoms with E-state index in [2.05, 4.69) is 25.3 Å². The van der Waals surface area contributed by atoms with E-state index in [4.69, 9.17) is 0 Å². The summed E-state index contributed by atoms with van der Waals surface area (Å²) in [5.41, 5.74) is 2.57. The predicted octanol–water partition coefficient (Wildman–Crippen LogP) is 0.801. The van der Waals surface area contributed by atoms with Gasteiger partial charge in [-0.1, -0.05) is 6.92 Å². The number of anilines is 1. The number of carbonyl (C=O) groups is 1. The van der Waals surface area contributed by atoms with E-state index < -0.39 is 11.9 Å². The molecule has 4 heterocycles. The van der Waals surface area contributed by atoms with Crippen molar-refractivity contribution >= 4 is 17.2 Å². The number of aryl methyl sites for hydroxylation is 1. The molecule has 30 heavy (non-hydrogen) atoms. The van der Waals surface area contributed by atoms with Crippen LogP contribution in [0.25, 0.3) is 5.65 Å². The zero-order valence-electron chi connectivity index (χ0n) is 17.0. The molecule has 0 radical (unpaired) electrons. The van der Waals surface area contributed by atoms with Crippen molar-refractivity contribution in [2.24, 2.45) is 0 Å². The first-order chi connectivity index (χ1) is 14.5. The van der Waals surface area contributed by atoms with Gasteiger partial charge < -0.3 is 15.2 Å². The number of piperazine rings is 1. The molecule has 10 heteroatoms. The second-order valence-corrected chi connectivity index (χ2v) is 7.28. The Bertz CT molecular complexity index is 1130. The van der Waals surface area contributed by atoms with Crippen LogP contribution in [0.5, 0.6) is 0 Å². The van der Waals surface area contributed by atoms with Crippen molar-refractivity contribution in [3.05, 3.63) is 57.6 Å². The van der Waals surface area contributed by atoms with Gasteiger partial charge in [0.2, 0.25) is 5.95 Å². The normalized spacial score (nSPS) is 15.0. The number of aromatic amines is 1. The molecule has 3 aromatic rings. The second-order valence-electron chi connectivity index (χ2n) is 7.28. The van der Waals surface area contributed by atoms with Crippen LogP contribution in [0, 0.1) is 5.95 Å². The van der Waals surface area contributed by atoms with Gasteiger partial charge >= 0.3 is 0 Å². The number of pyridine rings is 1. The van der Waals surface area contributed by atoms with E-state index in [9.17, 15) is 14.0 Å². The van der Waals surface area contributed by atoms with Crippen molar-refractivity contribution in [3.63, 3.8) is 0 Å². The van der Waals surface area contributed by atoms with E-state index in [1.54, 1.807) is 10.6 Å². The summed E-state index contributed by atoms with van der Waals surface area (Å²) in [6.45, 7) is 5.44. The van der Waals surface area contributed by atoms with Gasteiger partial charge in [-0.25, -0.2) is 9.50 Å². The lowest BCUT2D eigenvalue weighted by Crippen LogP contribution is -2.46. The molecule has 1 fully saturated rings. The highest BCUT2D eigenvalue weighted by Gasteiger charge is 2.21. The minimum atomic E-state index is -0.634. The third-order valence-electron chi connectivity index (χ3n) is 5.33. The van der Waals surface area contributed by atoms with Crippen molar-refractivity contribution in [3.8, 4) is 0 Å². The number of amides is 1. The van der Waals surface area contributed by atoms with Gasteiger partial charge in [-0.15, -0.1) is 0 Å². The van der Waals surface area contributed by atoms with E-state index in [0.29, 0.717) is 36.5 Å². The van der Waals surface area contributed by atoms with Crippen LogP contribution in [-0.2, 0) is 13.0 Å². The van der Waals surface area contributed by atoms with Crippen LogP contribution in [0.1, 0.15) is 28.7 Å². The van der Waals surface area contributed by atoms with Gasteiger partial charge in [0, 0.05) is 46.0 Å². The highest BCUT2D eigenvalue weighted by molar-refractivity contribution is 5.92. The monoisotopic (exact) mass is 413 g/mol. The van der Waals surface area contributed by atoms with Gasteiger partial charge in [0.25, 0.3) is 11.5 Å². The van der Waals surface area contributed by atoms with Crippen LogP contribution >= 0.6 is 0 Å². The average molecular weight is 413 g/mol. The SMILES string of the molecule is CCc1nn2cc(CN3CCN(c4ccc(C(=O)NC)nc4F)CC3)cc2[nH]c1=O. The molecule has 0 aliphatic carbocycles. The first-order valence-electron chi connectivity index (χ1n) is 9.95. The summed E-state index contributed by atoms with van der Waals surface area (Å²) in [5.74, 6) is -1.04. The lowest BCUT2D eigenvalue weighted by Gasteiger charge is -2.35. The zero-order chi connectivity index (χ0) is 21.3. The fraction of sp³-hybridized carbons (Fsp3) is 0.400. The molecule has 0 spiro atoms. The fourth-order valence-corrected chi connectivity index (χ4v) is 3.69. The van der Waals surface area contributed by atoms with Crippen molar-refractivity contribution in [2.45, 2.75) is 19.9 Å². The largest absolute Gasteiger partial charge is 0.365 e. The van der Waals surface area contributed by atoms with Crippen LogP contribution in [0.15, 0.2) is 29.2 Å². The summed E-state index contributed by atoms with van der Waals surface area (Å²) in [7, 11) is 1.49. The fourth-order valence-electron chi connectivity index (χ4n) is 3.69. The second kappa shape index (κ2) is 8.23. The molecule has 3 aromatic heterocycles. The Balaban J connectivity index is 1.41. The summed E-state index contributed by atoms with van der Waals surface area (Å²) < 4.78 is 16.1. The van der Waals surface area contributed by atoms with Crippen molar-refractivity contribution in [1.29, 1.82) is 0 Å². The molecule has 1 aliphatic heterocycles. The summed E-state index contributed by atoms with van der Waals surface area (Å²) >= 11 is 0. The Morgan fingerprint density at radius 1 is 1.27 bits per heavy atom. The highest BCUT2D eigenvalue weighted by Crippen LogP contribution is 2.21. The Kier molecular flexibility index (Phi) is 5.49. The van der Waals surface area contributed by atoms with Crippen molar-refractivity contribution in [1.82, 2.24) is 29.8 Å². The van der Waals surface area contributed by atoms with Crippen LogP contribution < -0.4 is 15.8 Å². The molecule has 0 unspecified atom stereocenters. The number of aromatic nitrogens is 4. The summed E-state index contributed by atoms with van der Waals surface area (Å²) in [6.07, 6.45) is 2.51. The molecule has 0 bridgehead atoms. The number of halogens is 1. The van der Waals surface area contributed by atoms with Gasteiger partial charge in [0.05, 0.1) is 5.69 Å². The minimum Gasteiger partial charge on any atom is -0.365 e. The Morgan fingerprint density at radius 2 is 2.03 bits per heavy atom. The van der Waals surface area contributed by atoms with E-state index in [1.165, 1.54) is 13.1 Å². The van der Waals surface area contributed by atoms with E-state index in [-0.39, 0.29) is 11.3 Å². The summed E-state index contributed by atoms with van der Waals surface area (Å²) in [4.78, 5) is 34.4. The number of H-pyrrole nitrogens is 1. The van der Waals surface area contributed by atoms with Crippen molar-refractivity contribution in [2.75, 3.05) is 38.1 Å². The molecule has 158 valence electrons. The number of rotatable bonds is 5. The van der Waals surface area contributed by atoms with E-state index >= 15 is 0 Å². The van der Waals surface area contributed by atoms with Crippen LogP contribution in [0.3, 0.4) is 0 Å². The first kappa shape index (κ1) is 20.0. The Hall–Kier alpha value is -3.27. The van der Waals surface area contributed by atoms with Crippen LogP contribution in [0.2, 0.25) is 0 Å². The zero-order valence-corrected chi connectivity index (χ0v) is 17.0. The summed E-state index contributed by atoms with van der Waals surface area (Å²) in [5, 5.41) is 6.80. The topological polar surface area (TPSA) is 98.6 Å². The quantitative estimate of drug-likeness (QED) is 0.601. The molecule has 9 nitrogen and oxygen atoms in total. The molecule has 4 rings (SSSR count). The van der Waals surface area contributed by atoms with Gasteiger partial charge in [-0.3, -0.25) is 14.5 Å². The molecule has 0 aromatic carbocycles. The Morgan fingerprint density at radius 3 is 2.70 bits per heavy atom. The standard InChI is InChI=1S/C20H24FN7O2/c1-3-14-20(30)24-17-10-13(12-28(17)25-14)11-26-6-8-27(9-7-26)16-5-4-15(19(29)22-2)23-18(16)21/h4-5,10,12H,3,6-9,11H2,1-2H3,(H,22,29)(H,24,30). The third-order valence-corrected chi connectivity index (χ3v) is 5.33. The molecule has 0 atom stereocenters. The number of nitrogens with zero attached hydrogens (tertiary/aromatic N) is 5.